The van der Waals surface area contributed by atoms with Gasteiger partial charge in [-0.25, -0.2) is 8.78 Å². The summed E-state index contributed by atoms with van der Waals surface area (Å²) in [5.74, 6) is -1.48. The molecule has 6 nitrogen and oxygen atoms in total. The number of amides is 2. The van der Waals surface area contributed by atoms with Gasteiger partial charge in [0.25, 0.3) is 0 Å². The molecule has 0 radical (unpaired) electrons. The number of hydrogen-bond acceptors (Lipinski definition) is 4. The Hall–Kier alpha value is -2.84. The minimum Gasteiger partial charge on any atom is -0.390 e. The molecule has 0 bridgehead atoms. The lowest BCUT2D eigenvalue weighted by Crippen LogP contribution is -2.56. The van der Waals surface area contributed by atoms with Gasteiger partial charge in [0.2, 0.25) is 11.8 Å². The number of rotatable bonds is 9. The molecule has 2 aromatic carbocycles. The summed E-state index contributed by atoms with van der Waals surface area (Å²) in [5, 5.41) is 17.2. The van der Waals surface area contributed by atoms with Crippen LogP contribution >= 0.6 is 0 Å². The maximum absolute atomic E-state index is 13.7. The number of nitrogens with one attached hydrogen (secondary N) is 2. The average Bonchev–Trinajstić information content (AvgIpc) is 2.78. The highest BCUT2D eigenvalue weighted by molar-refractivity contribution is 5.78. The Bertz CT molecular complexity index is 1040. The van der Waals surface area contributed by atoms with Crippen molar-refractivity contribution in [3.63, 3.8) is 0 Å². The van der Waals surface area contributed by atoms with Crippen LogP contribution in [0.15, 0.2) is 42.5 Å². The molecule has 2 aromatic rings. The fourth-order valence-corrected chi connectivity index (χ4v) is 4.63. The zero-order valence-corrected chi connectivity index (χ0v) is 20.8. The summed E-state index contributed by atoms with van der Waals surface area (Å²) in [6, 6.07) is 10.5. The molecule has 190 valence electrons. The van der Waals surface area contributed by atoms with Crippen molar-refractivity contribution in [1.29, 1.82) is 0 Å². The van der Waals surface area contributed by atoms with Gasteiger partial charge in [0, 0.05) is 39.5 Å². The van der Waals surface area contributed by atoms with E-state index in [0.717, 1.165) is 17.2 Å². The third kappa shape index (κ3) is 6.86. The monoisotopic (exact) mass is 487 g/mol. The van der Waals surface area contributed by atoms with Gasteiger partial charge in [0.1, 0.15) is 11.6 Å². The van der Waals surface area contributed by atoms with E-state index in [2.05, 4.69) is 36.6 Å². The van der Waals surface area contributed by atoms with Crippen molar-refractivity contribution in [2.45, 2.75) is 63.6 Å². The van der Waals surface area contributed by atoms with E-state index < -0.39 is 29.3 Å². The van der Waals surface area contributed by atoms with Crippen molar-refractivity contribution < 1.29 is 23.5 Å². The maximum Gasteiger partial charge on any atom is 0.224 e. The number of carbonyl (C=O) groups is 2. The van der Waals surface area contributed by atoms with E-state index in [9.17, 15) is 23.5 Å². The molecule has 8 heteroatoms. The Balaban J connectivity index is 1.84. The Morgan fingerprint density at radius 3 is 2.46 bits per heavy atom. The molecule has 3 rings (SSSR count). The van der Waals surface area contributed by atoms with Crippen molar-refractivity contribution in [3.05, 3.63) is 70.8 Å². The Kier molecular flexibility index (Phi) is 8.61. The van der Waals surface area contributed by atoms with Crippen LogP contribution in [0.25, 0.3) is 0 Å². The van der Waals surface area contributed by atoms with Gasteiger partial charge < -0.3 is 20.6 Å². The van der Waals surface area contributed by atoms with E-state index >= 15 is 0 Å². The zero-order chi connectivity index (χ0) is 25.8. The van der Waals surface area contributed by atoms with Crippen molar-refractivity contribution in [2.24, 2.45) is 0 Å². The lowest BCUT2D eigenvalue weighted by atomic mass is 9.79. The normalized spacial score (nSPS) is 20.1. The lowest BCUT2D eigenvalue weighted by Gasteiger charge is -2.42. The molecule has 2 amide bonds. The first-order valence-corrected chi connectivity index (χ1v) is 12.0. The summed E-state index contributed by atoms with van der Waals surface area (Å²) in [6.45, 7) is 6.18. The van der Waals surface area contributed by atoms with Gasteiger partial charge in [0.15, 0.2) is 0 Å². The van der Waals surface area contributed by atoms with Crippen LogP contribution in [-0.4, -0.2) is 54.1 Å². The van der Waals surface area contributed by atoms with Gasteiger partial charge in [0.05, 0.1) is 17.7 Å². The van der Waals surface area contributed by atoms with E-state index in [0.29, 0.717) is 24.4 Å². The molecule has 0 unspecified atom stereocenters. The van der Waals surface area contributed by atoms with Gasteiger partial charge in [-0.05, 0) is 47.6 Å². The van der Waals surface area contributed by atoms with Crippen molar-refractivity contribution in [1.82, 2.24) is 15.5 Å². The fraction of sp³-hybridized carbons (Fsp3) is 0.481. The molecule has 0 aromatic heterocycles. The molecule has 1 fully saturated rings. The molecule has 0 saturated carbocycles. The van der Waals surface area contributed by atoms with Gasteiger partial charge in [-0.1, -0.05) is 38.1 Å². The Morgan fingerprint density at radius 1 is 1.17 bits per heavy atom. The highest BCUT2D eigenvalue weighted by Crippen LogP contribution is 2.35. The van der Waals surface area contributed by atoms with Gasteiger partial charge in [-0.15, -0.1) is 0 Å². The minimum absolute atomic E-state index is 0.00170. The highest BCUT2D eigenvalue weighted by Gasteiger charge is 2.40. The number of aliphatic hydroxyl groups is 1. The first-order valence-electron chi connectivity index (χ1n) is 12.0. The van der Waals surface area contributed by atoms with Crippen LogP contribution < -0.4 is 10.6 Å². The summed E-state index contributed by atoms with van der Waals surface area (Å²) in [5.41, 5.74) is 1.77. The van der Waals surface area contributed by atoms with E-state index in [1.165, 1.54) is 19.1 Å². The summed E-state index contributed by atoms with van der Waals surface area (Å²) in [4.78, 5) is 26.2. The third-order valence-electron chi connectivity index (χ3n) is 6.74. The van der Waals surface area contributed by atoms with Crippen LogP contribution in [0.1, 0.15) is 56.2 Å². The SMILES string of the molecule is CC(=O)N[C@@H](Cc1cc(F)cc(F)c1)[C@H](O)CN[C@@]1(c2cccc(C(C)C)c2)CCN(C)C(=O)C1. The standard InChI is InChI=1S/C27H35F2N3O3/c1-17(2)20-6-5-7-21(13-20)27(8-9-32(4)26(35)15-27)30-16-25(34)24(31-18(3)33)12-19-10-22(28)14-23(29)11-19/h5-7,10-11,13-14,17,24-25,30,34H,8-9,12,15-16H2,1-4H3,(H,31,33)/t24-,25+,27-/m0/s1. The first kappa shape index (κ1) is 26.8. The number of carbonyl (C=O) groups excluding carboxylic acids is 2. The first-order chi connectivity index (χ1) is 16.5. The second kappa shape index (κ2) is 11.3. The molecule has 3 atom stereocenters. The van der Waals surface area contributed by atoms with Crippen LogP contribution in [0.2, 0.25) is 0 Å². The van der Waals surface area contributed by atoms with Gasteiger partial charge >= 0.3 is 0 Å². The number of hydrogen-bond donors (Lipinski definition) is 3. The number of aliphatic hydroxyl groups excluding tert-OH is 1. The molecule has 1 saturated heterocycles. The molecule has 1 heterocycles. The van der Waals surface area contributed by atoms with Crippen LogP contribution in [0.4, 0.5) is 8.78 Å². The smallest absolute Gasteiger partial charge is 0.224 e. The van der Waals surface area contributed by atoms with Crippen LogP contribution in [0.5, 0.6) is 0 Å². The quantitative estimate of drug-likeness (QED) is 0.507. The number of piperidine rings is 1. The van der Waals surface area contributed by atoms with Crippen LogP contribution in [-0.2, 0) is 21.5 Å². The summed E-state index contributed by atoms with van der Waals surface area (Å²) >= 11 is 0. The molecule has 3 N–H and O–H groups in total. The summed E-state index contributed by atoms with van der Waals surface area (Å²) in [7, 11) is 1.77. The lowest BCUT2D eigenvalue weighted by molar-refractivity contribution is -0.135. The predicted molar refractivity (Wildman–Crippen MR) is 131 cm³/mol. The zero-order valence-electron chi connectivity index (χ0n) is 20.8. The van der Waals surface area contributed by atoms with Gasteiger partial charge in [-0.2, -0.15) is 0 Å². The largest absolute Gasteiger partial charge is 0.390 e. The minimum atomic E-state index is -1.06. The molecule has 0 aliphatic carbocycles. The molecule has 1 aliphatic rings. The van der Waals surface area contributed by atoms with Crippen molar-refractivity contribution in [2.75, 3.05) is 20.1 Å². The average molecular weight is 488 g/mol. The van der Waals surface area contributed by atoms with E-state index in [-0.39, 0.29) is 31.2 Å². The van der Waals surface area contributed by atoms with Crippen LogP contribution in [0.3, 0.4) is 0 Å². The Morgan fingerprint density at radius 2 is 1.86 bits per heavy atom. The number of benzene rings is 2. The van der Waals surface area contributed by atoms with Gasteiger partial charge in [-0.3, -0.25) is 9.59 Å². The number of nitrogens with zero attached hydrogens (tertiary/aromatic N) is 1. The second-order valence-electron chi connectivity index (χ2n) is 9.84. The van der Waals surface area contributed by atoms with E-state index in [1.54, 1.807) is 11.9 Å². The second-order valence-corrected chi connectivity index (χ2v) is 9.84. The highest BCUT2D eigenvalue weighted by atomic mass is 19.1. The van der Waals surface area contributed by atoms with Crippen molar-refractivity contribution in [3.8, 4) is 0 Å². The third-order valence-corrected chi connectivity index (χ3v) is 6.74. The Labute approximate surface area is 205 Å². The number of likely N-dealkylation sites (tertiary alicyclic amines) is 1. The molecule has 0 spiro atoms. The molecular formula is C27H35F2N3O3. The summed E-state index contributed by atoms with van der Waals surface area (Å²) < 4.78 is 27.4. The predicted octanol–water partition coefficient (Wildman–Crippen LogP) is 3.23. The summed E-state index contributed by atoms with van der Waals surface area (Å²) in [6.07, 6.45) is -0.124. The molecular weight excluding hydrogens is 452 g/mol. The maximum atomic E-state index is 13.7. The topological polar surface area (TPSA) is 81.7 Å². The van der Waals surface area contributed by atoms with E-state index in [1.807, 2.05) is 12.1 Å². The fourth-order valence-electron chi connectivity index (χ4n) is 4.63. The van der Waals surface area contributed by atoms with Crippen LogP contribution in [0, 0.1) is 11.6 Å². The van der Waals surface area contributed by atoms with E-state index in [4.69, 9.17) is 0 Å². The van der Waals surface area contributed by atoms with Crippen molar-refractivity contribution >= 4 is 11.8 Å². The number of halogens is 2. The molecule has 35 heavy (non-hydrogen) atoms. The molecule has 1 aliphatic heterocycles.